The summed E-state index contributed by atoms with van der Waals surface area (Å²) in [7, 11) is 0. The number of unbranched alkanes of at least 4 members (excludes halogenated alkanes) is 1. The Morgan fingerprint density at radius 1 is 1.29 bits per heavy atom. The normalized spacial score (nSPS) is 10.7. The molecule has 0 aliphatic rings. The van der Waals surface area contributed by atoms with Gasteiger partial charge < -0.3 is 15.4 Å². The Hall–Kier alpha value is -1.62. The number of amides is 1. The third kappa shape index (κ3) is 7.66. The van der Waals surface area contributed by atoms with E-state index in [2.05, 4.69) is 22.5 Å². The van der Waals surface area contributed by atoms with Gasteiger partial charge in [-0.3, -0.25) is 4.79 Å². The van der Waals surface area contributed by atoms with Crippen LogP contribution in [0.4, 0.5) is 5.69 Å². The van der Waals surface area contributed by atoms with E-state index < -0.39 is 0 Å². The Labute approximate surface area is 127 Å². The fourth-order valence-corrected chi connectivity index (χ4v) is 1.74. The zero-order valence-corrected chi connectivity index (χ0v) is 13.3. The lowest BCUT2D eigenvalue weighted by atomic mass is 10.3. The average Bonchev–Trinajstić information content (AvgIpc) is 2.48. The van der Waals surface area contributed by atoms with Crippen molar-refractivity contribution < 1.29 is 9.53 Å². The number of nitrogens with one attached hydrogen (secondary N) is 2. The molecule has 1 amide bonds. The Bertz CT molecular complexity index is 404. The van der Waals surface area contributed by atoms with Crippen molar-refractivity contribution in [2.24, 2.45) is 0 Å². The monoisotopic (exact) mass is 293 g/mol. The fourth-order valence-electron chi connectivity index (χ4n) is 1.74. The van der Waals surface area contributed by atoms with Crippen LogP contribution in [0.3, 0.4) is 0 Å². The predicted octanol–water partition coefficient (Wildman–Crippen LogP) is 2.84. The summed E-state index contributed by atoms with van der Waals surface area (Å²) in [6.07, 6.45) is 4.88. The smallest absolute Gasteiger partial charge is 0.269 e. The number of aromatic nitrogens is 1. The van der Waals surface area contributed by atoms with Crippen LogP contribution >= 0.6 is 0 Å². The zero-order chi connectivity index (χ0) is 15.5. The highest BCUT2D eigenvalue weighted by molar-refractivity contribution is 5.92. The van der Waals surface area contributed by atoms with Crippen LogP contribution in [0.2, 0.25) is 0 Å². The van der Waals surface area contributed by atoms with Gasteiger partial charge in [0.1, 0.15) is 5.69 Å². The van der Waals surface area contributed by atoms with Gasteiger partial charge in [-0.1, -0.05) is 6.92 Å². The van der Waals surface area contributed by atoms with Crippen molar-refractivity contribution in [1.29, 1.82) is 0 Å². The first kappa shape index (κ1) is 17.4. The molecule has 1 rings (SSSR count). The van der Waals surface area contributed by atoms with Crippen molar-refractivity contribution in [3.8, 4) is 0 Å². The lowest BCUT2D eigenvalue weighted by Gasteiger charge is -2.08. The highest BCUT2D eigenvalue weighted by atomic mass is 16.5. The minimum atomic E-state index is -0.123. The fraction of sp³-hybridized carbons (Fsp3) is 0.625. The molecular formula is C16H27N3O2. The van der Waals surface area contributed by atoms with Gasteiger partial charge in [0, 0.05) is 19.7 Å². The first-order chi connectivity index (χ1) is 10.1. The van der Waals surface area contributed by atoms with Crippen molar-refractivity contribution in [1.82, 2.24) is 10.3 Å². The van der Waals surface area contributed by atoms with Crippen LogP contribution in [0, 0.1) is 0 Å². The molecule has 0 saturated heterocycles. The standard InChI is InChI=1S/C16H27N3O2/c1-4-9-17-14-7-8-15(19-12-14)16(20)18-10-5-6-11-21-13(2)3/h7-8,12-13,17H,4-6,9-11H2,1-3H3,(H,18,20). The third-order valence-corrected chi connectivity index (χ3v) is 2.88. The molecule has 0 spiro atoms. The van der Waals surface area contributed by atoms with Crippen molar-refractivity contribution in [3.05, 3.63) is 24.0 Å². The predicted molar refractivity (Wildman–Crippen MR) is 85.7 cm³/mol. The van der Waals surface area contributed by atoms with Crippen molar-refractivity contribution in [2.45, 2.75) is 46.1 Å². The minimum absolute atomic E-state index is 0.123. The number of carbonyl (C=O) groups is 1. The summed E-state index contributed by atoms with van der Waals surface area (Å²) in [5.74, 6) is -0.123. The molecule has 0 bridgehead atoms. The molecule has 0 aliphatic carbocycles. The van der Waals surface area contributed by atoms with E-state index in [1.165, 1.54) is 0 Å². The molecule has 5 nitrogen and oxygen atoms in total. The molecule has 1 heterocycles. The van der Waals surface area contributed by atoms with E-state index in [0.29, 0.717) is 12.2 Å². The third-order valence-electron chi connectivity index (χ3n) is 2.88. The summed E-state index contributed by atoms with van der Waals surface area (Å²) >= 11 is 0. The van der Waals surface area contributed by atoms with Crippen molar-refractivity contribution in [3.63, 3.8) is 0 Å². The zero-order valence-electron chi connectivity index (χ0n) is 13.3. The van der Waals surface area contributed by atoms with E-state index in [1.807, 2.05) is 19.9 Å². The van der Waals surface area contributed by atoms with Crippen LogP contribution in [0.15, 0.2) is 18.3 Å². The molecule has 0 aromatic carbocycles. The summed E-state index contributed by atoms with van der Waals surface area (Å²) in [5, 5.41) is 6.10. The molecule has 0 saturated carbocycles. The Morgan fingerprint density at radius 3 is 2.71 bits per heavy atom. The largest absolute Gasteiger partial charge is 0.384 e. The number of nitrogens with zero attached hydrogens (tertiary/aromatic N) is 1. The quantitative estimate of drug-likeness (QED) is 0.651. The second kappa shape index (κ2) is 10.2. The van der Waals surface area contributed by atoms with Crippen LogP contribution in [0.25, 0.3) is 0 Å². The maximum atomic E-state index is 11.9. The second-order valence-corrected chi connectivity index (χ2v) is 5.24. The molecule has 0 atom stereocenters. The highest BCUT2D eigenvalue weighted by Crippen LogP contribution is 2.06. The van der Waals surface area contributed by atoms with E-state index in [-0.39, 0.29) is 12.0 Å². The Balaban J connectivity index is 2.22. The van der Waals surface area contributed by atoms with Gasteiger partial charge in [0.05, 0.1) is 18.0 Å². The molecule has 21 heavy (non-hydrogen) atoms. The van der Waals surface area contributed by atoms with Crippen molar-refractivity contribution in [2.75, 3.05) is 25.0 Å². The summed E-state index contributed by atoms with van der Waals surface area (Å²) in [6.45, 7) is 8.44. The van der Waals surface area contributed by atoms with E-state index in [4.69, 9.17) is 4.74 Å². The maximum Gasteiger partial charge on any atom is 0.269 e. The van der Waals surface area contributed by atoms with Crippen LogP contribution in [-0.2, 0) is 4.74 Å². The number of carbonyl (C=O) groups excluding carboxylic acids is 1. The first-order valence-electron chi connectivity index (χ1n) is 7.73. The molecule has 2 N–H and O–H groups in total. The molecule has 5 heteroatoms. The second-order valence-electron chi connectivity index (χ2n) is 5.24. The van der Waals surface area contributed by atoms with Gasteiger partial charge >= 0.3 is 0 Å². The van der Waals surface area contributed by atoms with Gasteiger partial charge in [-0.05, 0) is 45.2 Å². The van der Waals surface area contributed by atoms with E-state index in [1.54, 1.807) is 12.3 Å². The summed E-state index contributed by atoms with van der Waals surface area (Å²) in [4.78, 5) is 16.1. The molecular weight excluding hydrogens is 266 g/mol. The van der Waals surface area contributed by atoms with E-state index >= 15 is 0 Å². The van der Waals surface area contributed by atoms with Gasteiger partial charge in [0.2, 0.25) is 0 Å². The van der Waals surface area contributed by atoms with Crippen molar-refractivity contribution >= 4 is 11.6 Å². The summed E-state index contributed by atoms with van der Waals surface area (Å²) in [6, 6.07) is 3.63. The van der Waals surface area contributed by atoms with Crippen LogP contribution in [-0.4, -0.2) is 36.7 Å². The maximum absolute atomic E-state index is 11.9. The van der Waals surface area contributed by atoms with Gasteiger partial charge in [0.25, 0.3) is 5.91 Å². The molecule has 0 aliphatic heterocycles. The number of ether oxygens (including phenoxy) is 1. The lowest BCUT2D eigenvalue weighted by molar-refractivity contribution is 0.0754. The number of rotatable bonds is 10. The molecule has 0 radical (unpaired) electrons. The number of hydrogen-bond donors (Lipinski definition) is 2. The molecule has 1 aromatic heterocycles. The van der Waals surface area contributed by atoms with Crippen LogP contribution < -0.4 is 10.6 Å². The van der Waals surface area contributed by atoms with Crippen LogP contribution in [0.5, 0.6) is 0 Å². The van der Waals surface area contributed by atoms with Gasteiger partial charge in [0.15, 0.2) is 0 Å². The minimum Gasteiger partial charge on any atom is -0.384 e. The van der Waals surface area contributed by atoms with E-state index in [9.17, 15) is 4.79 Å². The van der Waals surface area contributed by atoms with Gasteiger partial charge in [-0.2, -0.15) is 0 Å². The molecule has 1 aromatic rings. The topological polar surface area (TPSA) is 63.2 Å². The summed E-state index contributed by atoms with van der Waals surface area (Å²) < 4.78 is 5.45. The SMILES string of the molecule is CCCNc1ccc(C(=O)NCCCCOC(C)C)nc1. The first-order valence-corrected chi connectivity index (χ1v) is 7.73. The molecule has 118 valence electrons. The summed E-state index contributed by atoms with van der Waals surface area (Å²) in [5.41, 5.74) is 1.40. The van der Waals surface area contributed by atoms with Crippen LogP contribution in [0.1, 0.15) is 50.5 Å². The van der Waals surface area contributed by atoms with E-state index in [0.717, 1.165) is 38.1 Å². The number of anilines is 1. The highest BCUT2D eigenvalue weighted by Gasteiger charge is 2.06. The number of hydrogen-bond acceptors (Lipinski definition) is 4. The average molecular weight is 293 g/mol. The number of pyridine rings is 1. The van der Waals surface area contributed by atoms with Gasteiger partial charge in [-0.15, -0.1) is 0 Å². The molecule has 0 unspecified atom stereocenters. The Kier molecular flexibility index (Phi) is 8.43. The Morgan fingerprint density at radius 2 is 2.10 bits per heavy atom. The van der Waals surface area contributed by atoms with Gasteiger partial charge in [-0.25, -0.2) is 4.98 Å². The molecule has 0 fully saturated rings. The lowest BCUT2D eigenvalue weighted by Crippen LogP contribution is -2.25.